The first kappa shape index (κ1) is 17.3. The van der Waals surface area contributed by atoms with Gasteiger partial charge in [-0.3, -0.25) is 4.79 Å². The van der Waals surface area contributed by atoms with Gasteiger partial charge in [0.1, 0.15) is 11.4 Å². The van der Waals surface area contributed by atoms with Crippen LogP contribution in [-0.2, 0) is 0 Å². The molecule has 2 aromatic rings. The highest BCUT2D eigenvalue weighted by atomic mass is 16.5. The van der Waals surface area contributed by atoms with E-state index in [2.05, 4.69) is 19.2 Å². The van der Waals surface area contributed by atoms with Crippen LogP contribution in [0.15, 0.2) is 42.5 Å². The van der Waals surface area contributed by atoms with Gasteiger partial charge >= 0.3 is 0 Å². The molecule has 5 N–H and O–H groups in total. The fourth-order valence-electron chi connectivity index (χ4n) is 3.25. The second-order valence-electron chi connectivity index (χ2n) is 7.02. The van der Waals surface area contributed by atoms with E-state index in [-0.39, 0.29) is 11.8 Å². The molecule has 1 fully saturated rings. The molecule has 0 bridgehead atoms. The lowest BCUT2D eigenvalue weighted by Crippen LogP contribution is -2.47. The van der Waals surface area contributed by atoms with Crippen molar-refractivity contribution in [2.45, 2.75) is 38.3 Å². The highest BCUT2D eigenvalue weighted by Crippen LogP contribution is 2.30. The Balaban J connectivity index is 1.90. The fourth-order valence-corrected chi connectivity index (χ4v) is 3.25. The van der Waals surface area contributed by atoms with E-state index in [0.717, 1.165) is 19.4 Å². The van der Waals surface area contributed by atoms with Crippen molar-refractivity contribution in [3.63, 3.8) is 0 Å². The van der Waals surface area contributed by atoms with Gasteiger partial charge in [-0.2, -0.15) is 0 Å². The van der Waals surface area contributed by atoms with Crippen LogP contribution in [0, 0.1) is 0 Å². The molecule has 0 spiro atoms. The van der Waals surface area contributed by atoms with Crippen LogP contribution in [0.2, 0.25) is 0 Å². The van der Waals surface area contributed by atoms with Crippen LogP contribution < -0.4 is 21.5 Å². The predicted molar refractivity (Wildman–Crippen MR) is 101 cm³/mol. The number of para-hydroxylation sites is 1. The van der Waals surface area contributed by atoms with Crippen molar-refractivity contribution in [1.82, 2.24) is 5.32 Å². The van der Waals surface area contributed by atoms with Gasteiger partial charge in [-0.25, -0.2) is 0 Å². The Labute approximate surface area is 148 Å². The van der Waals surface area contributed by atoms with Crippen LogP contribution in [0.4, 0.5) is 11.4 Å². The molecule has 0 saturated carbocycles. The van der Waals surface area contributed by atoms with Crippen LogP contribution in [0.25, 0.3) is 0 Å². The third kappa shape index (κ3) is 3.61. The van der Waals surface area contributed by atoms with Crippen molar-refractivity contribution < 1.29 is 9.53 Å². The number of carbonyl (C=O) groups is 1. The minimum atomic E-state index is -0.410. The minimum Gasteiger partial charge on any atom is -0.485 e. The Morgan fingerprint density at radius 2 is 1.92 bits per heavy atom. The SMILES string of the molecule is CC(C)(Oc1ccccc1C(=O)c1ccc(N)c(N)c1)C1CCCN1. The lowest BCUT2D eigenvalue weighted by Gasteiger charge is -2.33. The van der Waals surface area contributed by atoms with Gasteiger partial charge in [0.25, 0.3) is 0 Å². The third-order valence-corrected chi connectivity index (χ3v) is 4.75. The Bertz CT molecular complexity index is 780. The van der Waals surface area contributed by atoms with E-state index in [1.54, 1.807) is 24.3 Å². The van der Waals surface area contributed by atoms with Crippen LogP contribution in [0.5, 0.6) is 5.75 Å². The summed E-state index contributed by atoms with van der Waals surface area (Å²) in [5, 5.41) is 3.47. The summed E-state index contributed by atoms with van der Waals surface area (Å²) < 4.78 is 6.27. The molecule has 1 aliphatic heterocycles. The monoisotopic (exact) mass is 339 g/mol. The quantitative estimate of drug-likeness (QED) is 0.575. The molecule has 25 heavy (non-hydrogen) atoms. The first-order chi connectivity index (χ1) is 11.9. The highest BCUT2D eigenvalue weighted by Gasteiger charge is 2.34. The molecule has 1 atom stereocenters. The third-order valence-electron chi connectivity index (χ3n) is 4.75. The van der Waals surface area contributed by atoms with E-state index in [1.165, 1.54) is 0 Å². The number of benzene rings is 2. The molecule has 1 unspecified atom stereocenters. The summed E-state index contributed by atoms with van der Waals surface area (Å²) in [4.78, 5) is 12.9. The second-order valence-corrected chi connectivity index (χ2v) is 7.02. The van der Waals surface area contributed by atoms with Gasteiger partial charge in [0.15, 0.2) is 5.78 Å². The number of nitrogens with one attached hydrogen (secondary N) is 1. The first-order valence-corrected chi connectivity index (χ1v) is 8.59. The lowest BCUT2D eigenvalue weighted by molar-refractivity contribution is 0.0700. The average molecular weight is 339 g/mol. The summed E-state index contributed by atoms with van der Waals surface area (Å²) >= 11 is 0. The summed E-state index contributed by atoms with van der Waals surface area (Å²) in [5.74, 6) is 0.457. The summed E-state index contributed by atoms with van der Waals surface area (Å²) in [6.07, 6.45) is 2.21. The second kappa shape index (κ2) is 6.76. The molecule has 1 saturated heterocycles. The number of carbonyl (C=O) groups excluding carboxylic acids is 1. The topological polar surface area (TPSA) is 90.4 Å². The number of nitrogens with two attached hydrogens (primary N) is 2. The number of ether oxygens (including phenoxy) is 1. The van der Waals surface area contributed by atoms with E-state index < -0.39 is 5.60 Å². The van der Waals surface area contributed by atoms with E-state index in [9.17, 15) is 4.79 Å². The maximum Gasteiger partial charge on any atom is 0.196 e. The smallest absolute Gasteiger partial charge is 0.196 e. The Hall–Kier alpha value is -2.53. The summed E-state index contributed by atoms with van der Waals surface area (Å²) in [6, 6.07) is 12.5. The number of hydrogen-bond donors (Lipinski definition) is 3. The fraction of sp³-hybridized carbons (Fsp3) is 0.350. The zero-order valence-electron chi connectivity index (χ0n) is 14.7. The Morgan fingerprint density at radius 1 is 1.16 bits per heavy atom. The average Bonchev–Trinajstić information content (AvgIpc) is 3.12. The van der Waals surface area contributed by atoms with Gasteiger partial charge < -0.3 is 21.5 Å². The molecule has 0 aromatic heterocycles. The van der Waals surface area contributed by atoms with Crippen molar-refractivity contribution >= 4 is 17.2 Å². The molecule has 1 heterocycles. The van der Waals surface area contributed by atoms with Crippen molar-refractivity contribution in [1.29, 1.82) is 0 Å². The number of hydrogen-bond acceptors (Lipinski definition) is 5. The largest absolute Gasteiger partial charge is 0.485 e. The highest BCUT2D eigenvalue weighted by molar-refractivity contribution is 6.11. The molecule has 0 amide bonds. The summed E-state index contributed by atoms with van der Waals surface area (Å²) in [5.41, 5.74) is 13.1. The van der Waals surface area contributed by atoms with Gasteiger partial charge in [0.2, 0.25) is 0 Å². The molecule has 0 aliphatic carbocycles. The van der Waals surface area contributed by atoms with E-state index in [0.29, 0.717) is 28.3 Å². The lowest BCUT2D eigenvalue weighted by atomic mass is 9.96. The Kier molecular flexibility index (Phi) is 4.68. The molecule has 3 rings (SSSR count). The normalized spacial score (nSPS) is 17.4. The van der Waals surface area contributed by atoms with Gasteiger partial charge in [-0.1, -0.05) is 12.1 Å². The van der Waals surface area contributed by atoms with Crippen LogP contribution in [0.1, 0.15) is 42.6 Å². The van der Waals surface area contributed by atoms with Gasteiger partial charge in [0, 0.05) is 11.6 Å². The maximum absolute atomic E-state index is 12.9. The van der Waals surface area contributed by atoms with Gasteiger partial charge in [0.05, 0.1) is 16.9 Å². The number of ketones is 1. The molecule has 5 heteroatoms. The number of rotatable bonds is 5. The Morgan fingerprint density at radius 3 is 2.60 bits per heavy atom. The van der Waals surface area contributed by atoms with Gasteiger partial charge in [-0.05, 0) is 63.6 Å². The van der Waals surface area contributed by atoms with Crippen molar-refractivity contribution in [2.24, 2.45) is 0 Å². The molecular weight excluding hydrogens is 314 g/mol. The van der Waals surface area contributed by atoms with E-state index >= 15 is 0 Å². The number of anilines is 2. The standard InChI is InChI=1S/C20H25N3O2/c1-20(2,18-8-5-11-23-18)25-17-7-4-3-6-14(17)19(24)13-9-10-15(21)16(22)12-13/h3-4,6-7,9-10,12,18,23H,5,8,11,21-22H2,1-2H3. The molecule has 2 aromatic carbocycles. The van der Waals surface area contributed by atoms with E-state index in [4.69, 9.17) is 16.2 Å². The summed E-state index contributed by atoms with van der Waals surface area (Å²) in [6.45, 7) is 5.11. The first-order valence-electron chi connectivity index (χ1n) is 8.59. The zero-order valence-corrected chi connectivity index (χ0v) is 14.7. The zero-order chi connectivity index (χ0) is 18.0. The minimum absolute atomic E-state index is 0.127. The molecule has 132 valence electrons. The van der Waals surface area contributed by atoms with E-state index in [1.807, 2.05) is 18.2 Å². The molecule has 5 nitrogen and oxygen atoms in total. The predicted octanol–water partition coefficient (Wildman–Crippen LogP) is 2.99. The van der Waals surface area contributed by atoms with Crippen molar-refractivity contribution in [2.75, 3.05) is 18.0 Å². The van der Waals surface area contributed by atoms with Gasteiger partial charge in [-0.15, -0.1) is 0 Å². The van der Waals surface area contributed by atoms with Crippen molar-refractivity contribution in [3.8, 4) is 5.75 Å². The van der Waals surface area contributed by atoms with Crippen LogP contribution >= 0.6 is 0 Å². The molecular formula is C20H25N3O2. The number of nitrogen functional groups attached to an aromatic ring is 2. The van der Waals surface area contributed by atoms with Crippen molar-refractivity contribution in [3.05, 3.63) is 53.6 Å². The van der Waals surface area contributed by atoms with Crippen LogP contribution in [0.3, 0.4) is 0 Å². The van der Waals surface area contributed by atoms with Crippen LogP contribution in [-0.4, -0.2) is 24.0 Å². The maximum atomic E-state index is 12.9. The summed E-state index contributed by atoms with van der Waals surface area (Å²) in [7, 11) is 0. The molecule has 0 radical (unpaired) electrons. The molecule has 1 aliphatic rings.